The van der Waals surface area contributed by atoms with E-state index in [1.165, 1.54) is 0 Å². The van der Waals surface area contributed by atoms with Crippen LogP contribution in [0.4, 0.5) is 0 Å². The van der Waals surface area contributed by atoms with Gasteiger partial charge in [0.1, 0.15) is 0 Å². The van der Waals surface area contributed by atoms with Gasteiger partial charge in [0, 0.05) is 26.2 Å². The summed E-state index contributed by atoms with van der Waals surface area (Å²) in [5, 5.41) is 11.2. The monoisotopic (exact) mass is 422 g/mol. The summed E-state index contributed by atoms with van der Waals surface area (Å²) in [6.07, 6.45) is 3.07. The van der Waals surface area contributed by atoms with Crippen LogP contribution in [0.15, 0.2) is 0 Å². The van der Waals surface area contributed by atoms with Crippen molar-refractivity contribution in [3.8, 4) is 0 Å². The number of ether oxygens (including phenoxy) is 1. The van der Waals surface area contributed by atoms with Gasteiger partial charge in [0.05, 0.1) is 25.9 Å². The van der Waals surface area contributed by atoms with Gasteiger partial charge in [0.2, 0.25) is 12.3 Å². The summed E-state index contributed by atoms with van der Waals surface area (Å²) in [4.78, 5) is 26.4. The number of likely N-dealkylation sites (N-methyl/N-ethyl adjacent to an activating group) is 1. The molecule has 0 saturated carbocycles. The Balaban J connectivity index is -0.000000472. The predicted octanol–water partition coefficient (Wildman–Crippen LogP) is 1.71. The molecule has 0 aromatic rings. The number of nitrogens with zero attached hydrogens (tertiary/aromatic N) is 2. The number of hydrogen-bond acceptors (Lipinski definition) is 6. The smallest absolute Gasteiger partial charge is 0.236 e. The van der Waals surface area contributed by atoms with Gasteiger partial charge in [0.15, 0.2) is 0 Å². The fourth-order valence-corrected chi connectivity index (χ4v) is 1.90. The van der Waals surface area contributed by atoms with E-state index in [2.05, 4.69) is 5.32 Å². The Morgan fingerprint density at radius 3 is 2.10 bits per heavy atom. The van der Waals surface area contributed by atoms with E-state index in [0.29, 0.717) is 32.7 Å². The normalized spacial score (nSPS) is 10.3. The van der Waals surface area contributed by atoms with Crippen molar-refractivity contribution in [2.24, 2.45) is 5.73 Å². The largest absolute Gasteiger partial charge is 0.394 e. The summed E-state index contributed by atoms with van der Waals surface area (Å²) in [5.74, 6) is -0.197. The van der Waals surface area contributed by atoms with Gasteiger partial charge in [0.25, 0.3) is 0 Å². The zero-order valence-corrected chi connectivity index (χ0v) is 20.4. The van der Waals surface area contributed by atoms with E-state index in [1.54, 1.807) is 4.90 Å². The fraction of sp³-hybridized carbons (Fsp3) is 0.905. The van der Waals surface area contributed by atoms with Crippen molar-refractivity contribution >= 4 is 12.3 Å². The number of carbonyl (C=O) groups excluding carboxylic acids is 2. The summed E-state index contributed by atoms with van der Waals surface area (Å²) in [7, 11) is 3.94. The summed E-state index contributed by atoms with van der Waals surface area (Å²) >= 11 is 0. The van der Waals surface area contributed by atoms with Crippen molar-refractivity contribution < 1.29 is 19.4 Å². The Kier molecular flexibility index (Phi) is 38.2. The van der Waals surface area contributed by atoms with Crippen LogP contribution in [0.5, 0.6) is 0 Å². The summed E-state index contributed by atoms with van der Waals surface area (Å²) in [5.41, 5.74) is 5.82. The number of nitrogens with two attached hydrogens (primary N) is 1. The van der Waals surface area contributed by atoms with Crippen molar-refractivity contribution in [1.82, 2.24) is 15.1 Å². The molecule has 1 atom stereocenters. The Labute approximate surface area is 180 Å². The second-order valence-corrected chi connectivity index (χ2v) is 5.67. The van der Waals surface area contributed by atoms with Gasteiger partial charge >= 0.3 is 0 Å². The van der Waals surface area contributed by atoms with Gasteiger partial charge in [-0.1, -0.05) is 41.5 Å². The molecule has 0 spiro atoms. The Morgan fingerprint density at radius 2 is 1.62 bits per heavy atom. The first kappa shape index (κ1) is 35.2. The van der Waals surface area contributed by atoms with Crippen molar-refractivity contribution in [1.29, 1.82) is 0 Å². The Bertz CT molecular complexity index is 319. The van der Waals surface area contributed by atoms with Gasteiger partial charge in [-0.25, -0.2) is 0 Å². The van der Waals surface area contributed by atoms with E-state index in [9.17, 15) is 9.59 Å². The van der Waals surface area contributed by atoms with Gasteiger partial charge in [-0.2, -0.15) is 0 Å². The molecule has 0 fully saturated rings. The van der Waals surface area contributed by atoms with Crippen LogP contribution in [-0.2, 0) is 14.3 Å². The minimum absolute atomic E-state index is 0.0280. The van der Waals surface area contributed by atoms with Crippen LogP contribution >= 0.6 is 0 Å². The van der Waals surface area contributed by atoms with Crippen molar-refractivity contribution in [2.75, 3.05) is 60.1 Å². The highest BCUT2D eigenvalue weighted by atomic mass is 16.5. The number of unbranched alkanes of at least 4 members (excludes halogenated alkanes) is 1. The Morgan fingerprint density at radius 1 is 1.03 bits per heavy atom. The quantitative estimate of drug-likeness (QED) is 0.274. The molecule has 2 amide bonds. The second-order valence-electron chi connectivity index (χ2n) is 5.67. The Hall–Kier alpha value is -1.22. The lowest BCUT2D eigenvalue weighted by molar-refractivity contribution is -0.123. The van der Waals surface area contributed by atoms with Gasteiger partial charge < -0.3 is 30.7 Å². The third kappa shape index (κ3) is 29.1. The summed E-state index contributed by atoms with van der Waals surface area (Å²) in [6.45, 7) is 15.2. The number of nitrogens with one attached hydrogen (secondary N) is 1. The number of amides is 2. The third-order valence-electron chi connectivity index (χ3n) is 3.31. The van der Waals surface area contributed by atoms with Gasteiger partial charge in [-0.15, -0.1) is 0 Å². The lowest BCUT2D eigenvalue weighted by Crippen LogP contribution is -2.42. The highest BCUT2D eigenvalue weighted by Crippen LogP contribution is 2.01. The predicted molar refractivity (Wildman–Crippen MR) is 123 cm³/mol. The molecule has 8 nitrogen and oxygen atoms in total. The molecule has 8 heteroatoms. The number of aliphatic hydroxyl groups excluding tert-OH is 1. The van der Waals surface area contributed by atoms with E-state index in [-0.39, 0.29) is 19.1 Å². The number of rotatable bonds is 15. The highest BCUT2D eigenvalue weighted by molar-refractivity contribution is 5.81. The van der Waals surface area contributed by atoms with E-state index in [1.807, 2.05) is 60.5 Å². The first-order chi connectivity index (χ1) is 14.0. The zero-order chi connectivity index (χ0) is 23.5. The molecule has 0 saturated heterocycles. The molecule has 1 unspecified atom stereocenters. The first-order valence-corrected chi connectivity index (χ1v) is 11.1. The van der Waals surface area contributed by atoms with Crippen LogP contribution in [0.1, 0.15) is 60.8 Å². The number of aliphatic hydroxyl groups is 1. The van der Waals surface area contributed by atoms with Crippen LogP contribution in [0.25, 0.3) is 0 Å². The van der Waals surface area contributed by atoms with Crippen LogP contribution in [0.2, 0.25) is 0 Å². The highest BCUT2D eigenvalue weighted by Gasteiger charge is 2.12. The molecule has 0 aromatic carbocycles. The number of hydrogen-bond donors (Lipinski definition) is 3. The van der Waals surface area contributed by atoms with Crippen molar-refractivity contribution in [3.05, 3.63) is 0 Å². The molecular weight excluding hydrogens is 372 g/mol. The topological polar surface area (TPSA) is 108 Å². The molecule has 29 heavy (non-hydrogen) atoms. The van der Waals surface area contributed by atoms with E-state index >= 15 is 0 Å². The maximum absolute atomic E-state index is 11.7. The first-order valence-electron chi connectivity index (χ1n) is 11.1. The maximum Gasteiger partial charge on any atom is 0.236 e. The second kappa shape index (κ2) is 31.5. The average molecular weight is 423 g/mol. The van der Waals surface area contributed by atoms with E-state index < -0.39 is 6.04 Å². The molecule has 0 aromatic heterocycles. The average Bonchev–Trinajstić information content (AvgIpc) is 2.76. The molecule has 0 heterocycles. The number of carbonyl (C=O) groups is 2. The van der Waals surface area contributed by atoms with Crippen LogP contribution in [0.3, 0.4) is 0 Å². The van der Waals surface area contributed by atoms with Crippen LogP contribution in [0, 0.1) is 0 Å². The lowest BCUT2D eigenvalue weighted by atomic mass is 10.1. The lowest BCUT2D eigenvalue weighted by Gasteiger charge is -2.20. The molecule has 0 rings (SSSR count). The molecule has 0 aliphatic carbocycles. The van der Waals surface area contributed by atoms with Crippen LogP contribution < -0.4 is 11.1 Å². The molecule has 4 N–H and O–H groups in total. The maximum atomic E-state index is 11.7. The van der Waals surface area contributed by atoms with Crippen molar-refractivity contribution in [2.45, 2.75) is 66.8 Å². The van der Waals surface area contributed by atoms with E-state index in [0.717, 1.165) is 25.8 Å². The minimum atomic E-state index is -0.542. The van der Waals surface area contributed by atoms with Crippen molar-refractivity contribution in [3.63, 3.8) is 0 Å². The standard InChI is InChI=1S/C15H32N4O4.3C2H6/c1-18(2)8-9-19(13-21)7-4-3-5-14(16)15(22)17-6-11-23-12-10-20;3*1-2/h13-14,20H,3-12,16H2,1-2H3,(H,17,22);3*1-2H3. The molecular formula is C21H50N4O4. The fourth-order valence-electron chi connectivity index (χ4n) is 1.90. The summed E-state index contributed by atoms with van der Waals surface area (Å²) in [6, 6.07) is -0.542. The third-order valence-corrected chi connectivity index (χ3v) is 3.31. The molecule has 0 aliphatic heterocycles. The summed E-state index contributed by atoms with van der Waals surface area (Å²) < 4.78 is 5.04. The SMILES string of the molecule is CC.CC.CC.CN(C)CCN(C=O)CCCCC(N)C(=O)NCCOCCO. The molecule has 0 aliphatic rings. The zero-order valence-electron chi connectivity index (χ0n) is 20.4. The van der Waals surface area contributed by atoms with Crippen LogP contribution in [-0.4, -0.2) is 93.4 Å². The van der Waals surface area contributed by atoms with E-state index in [4.69, 9.17) is 15.6 Å². The van der Waals surface area contributed by atoms with Gasteiger partial charge in [-0.3, -0.25) is 9.59 Å². The van der Waals surface area contributed by atoms with Gasteiger partial charge in [-0.05, 0) is 33.4 Å². The molecule has 0 bridgehead atoms. The molecule has 0 radical (unpaired) electrons. The molecule has 178 valence electrons. The minimum Gasteiger partial charge on any atom is -0.394 e.